The average Bonchev–Trinajstić information content (AvgIpc) is 3.66. The molecule has 2 aliphatic rings. The van der Waals surface area contributed by atoms with Crippen molar-refractivity contribution in [2.75, 3.05) is 20.1 Å². The van der Waals surface area contributed by atoms with Crippen molar-refractivity contribution in [2.45, 2.75) is 96.4 Å². The van der Waals surface area contributed by atoms with Gasteiger partial charge in [-0.25, -0.2) is 4.39 Å². The lowest BCUT2D eigenvalue weighted by Crippen LogP contribution is -2.48. The van der Waals surface area contributed by atoms with Crippen molar-refractivity contribution < 1.29 is 23.2 Å². The van der Waals surface area contributed by atoms with Crippen molar-refractivity contribution in [1.29, 1.82) is 0 Å². The number of halogens is 1. The van der Waals surface area contributed by atoms with Crippen LogP contribution in [0.2, 0.25) is 0 Å². The van der Waals surface area contributed by atoms with Gasteiger partial charge in [0.05, 0.1) is 11.5 Å². The van der Waals surface area contributed by atoms with E-state index in [1.165, 1.54) is 12.1 Å². The number of amides is 1. The number of likely N-dealkylation sites (N-methyl/N-ethyl adjacent to an activating group) is 1. The summed E-state index contributed by atoms with van der Waals surface area (Å²) >= 11 is 0. The Hall–Kier alpha value is -3.86. The maximum Gasteiger partial charge on any atom is 0.246 e. The molecule has 236 valence electrons. The number of benzene rings is 1. The Kier molecular flexibility index (Phi) is 9.34. The first kappa shape index (κ1) is 31.6. The van der Waals surface area contributed by atoms with Crippen molar-refractivity contribution in [1.82, 2.24) is 29.9 Å². The molecule has 1 aromatic carbocycles. The van der Waals surface area contributed by atoms with Crippen LogP contribution in [0, 0.1) is 12.7 Å². The Balaban J connectivity index is 1.45. The van der Waals surface area contributed by atoms with E-state index < -0.39 is 5.41 Å². The van der Waals surface area contributed by atoms with E-state index in [1.54, 1.807) is 12.1 Å². The molecule has 0 N–H and O–H groups in total. The number of ether oxygens (including phenoxy) is 2. The van der Waals surface area contributed by atoms with Crippen molar-refractivity contribution in [3.8, 4) is 23.4 Å². The Morgan fingerprint density at radius 1 is 1.20 bits per heavy atom. The van der Waals surface area contributed by atoms with Crippen molar-refractivity contribution in [3.05, 3.63) is 59.8 Å². The molecule has 4 heterocycles. The summed E-state index contributed by atoms with van der Waals surface area (Å²) in [6.45, 7) is 14.9. The maximum atomic E-state index is 14.9. The molecule has 2 saturated heterocycles. The Morgan fingerprint density at radius 2 is 1.98 bits per heavy atom. The van der Waals surface area contributed by atoms with E-state index >= 15 is 0 Å². The first-order valence-corrected chi connectivity index (χ1v) is 15.5. The van der Waals surface area contributed by atoms with Gasteiger partial charge in [-0.2, -0.15) is 15.0 Å². The first-order chi connectivity index (χ1) is 21.0. The predicted octanol–water partition coefficient (Wildman–Crippen LogP) is 5.50. The maximum absolute atomic E-state index is 14.9. The number of aryl methyl sites for hydroxylation is 1. The van der Waals surface area contributed by atoms with E-state index in [0.29, 0.717) is 36.7 Å². The van der Waals surface area contributed by atoms with E-state index in [-0.39, 0.29) is 53.6 Å². The van der Waals surface area contributed by atoms with Gasteiger partial charge in [0.25, 0.3) is 0 Å². The fourth-order valence-corrected chi connectivity index (χ4v) is 6.61. The summed E-state index contributed by atoms with van der Waals surface area (Å²) < 4.78 is 33.4. The monoisotopic (exact) mass is 606 g/mol. The van der Waals surface area contributed by atoms with Crippen LogP contribution >= 0.6 is 0 Å². The molecule has 1 amide bonds. The Morgan fingerprint density at radius 3 is 2.66 bits per heavy atom. The molecular weight excluding hydrogens is 563 g/mol. The van der Waals surface area contributed by atoms with Gasteiger partial charge in [-0.05, 0) is 78.3 Å². The molecule has 2 aliphatic heterocycles. The normalized spacial score (nSPS) is 21.7. The summed E-state index contributed by atoms with van der Waals surface area (Å²) in [6.07, 6.45) is 5.35. The lowest BCUT2D eigenvalue weighted by molar-refractivity contribution is -0.131. The predicted molar refractivity (Wildman–Crippen MR) is 164 cm³/mol. The lowest BCUT2D eigenvalue weighted by Gasteiger charge is -2.38. The number of hydrogen-bond donors (Lipinski definition) is 0. The van der Waals surface area contributed by atoms with Gasteiger partial charge in [0, 0.05) is 37.0 Å². The minimum Gasteiger partial charge on any atom is -0.474 e. The molecule has 0 radical (unpaired) electrons. The molecule has 0 bridgehead atoms. The highest BCUT2D eigenvalue weighted by atomic mass is 19.1. The number of nitrogens with zero attached hydrogens (tertiary/aromatic N) is 6. The molecule has 3 aromatic rings. The number of rotatable bonds is 10. The molecule has 11 heteroatoms. The summed E-state index contributed by atoms with van der Waals surface area (Å²) in [5.74, 6) is 0.851. The zero-order valence-corrected chi connectivity index (χ0v) is 26.5. The third-order valence-corrected chi connectivity index (χ3v) is 9.00. The van der Waals surface area contributed by atoms with Gasteiger partial charge in [0.1, 0.15) is 18.0 Å². The minimum atomic E-state index is -0.901. The van der Waals surface area contributed by atoms with Crippen LogP contribution in [0.5, 0.6) is 11.8 Å². The van der Waals surface area contributed by atoms with Crippen molar-refractivity contribution >= 4 is 5.91 Å². The highest BCUT2D eigenvalue weighted by Gasteiger charge is 2.35. The van der Waals surface area contributed by atoms with Crippen LogP contribution < -0.4 is 9.47 Å². The van der Waals surface area contributed by atoms with Crippen molar-refractivity contribution in [2.24, 2.45) is 0 Å². The number of carbonyl (C=O) groups is 1. The van der Waals surface area contributed by atoms with Gasteiger partial charge in [-0.1, -0.05) is 30.8 Å². The summed E-state index contributed by atoms with van der Waals surface area (Å²) in [7, 11) is 2.10. The average molecular weight is 607 g/mol. The van der Waals surface area contributed by atoms with Crippen LogP contribution in [0.1, 0.15) is 76.8 Å². The van der Waals surface area contributed by atoms with Crippen LogP contribution in [0.15, 0.2) is 41.4 Å². The van der Waals surface area contributed by atoms with E-state index in [9.17, 15) is 9.18 Å². The molecule has 44 heavy (non-hydrogen) atoms. The third-order valence-electron chi connectivity index (χ3n) is 9.00. The van der Waals surface area contributed by atoms with Crippen LogP contribution in [0.3, 0.4) is 0 Å². The van der Waals surface area contributed by atoms with Gasteiger partial charge in [0.15, 0.2) is 0 Å². The lowest BCUT2D eigenvalue weighted by atomic mass is 9.81. The number of carbonyl (C=O) groups excluding carboxylic acids is 1. The van der Waals surface area contributed by atoms with Gasteiger partial charge in [0.2, 0.25) is 35.2 Å². The summed E-state index contributed by atoms with van der Waals surface area (Å²) in [6, 6.07) is 6.96. The third kappa shape index (κ3) is 6.47. The smallest absolute Gasteiger partial charge is 0.246 e. The quantitative estimate of drug-likeness (QED) is 0.277. The molecule has 2 aromatic heterocycles. The summed E-state index contributed by atoms with van der Waals surface area (Å²) in [5, 5.41) is 4.19. The van der Waals surface area contributed by atoms with E-state index in [0.717, 1.165) is 31.4 Å². The molecule has 0 aliphatic carbocycles. The van der Waals surface area contributed by atoms with E-state index in [2.05, 4.69) is 45.6 Å². The number of hydrogen-bond acceptors (Lipinski definition) is 9. The number of aromatic nitrogens is 4. The standard InChI is InChI=1S/C33H43FN6O4/c1-8-22-18-23(15-17-40(22)28(41)9-2)43-27-19-26(42-21(4)25-14-11-16-39(25)7)35-30(36-27)31-37-32(44-38-31)33(5,6)29-20(3)12-10-13-24(29)34/h9-10,12-13,19,21-23,25H,2,8,11,14-18H2,1,3-7H3/t21-,22+,23-,25-/m0/s1. The largest absolute Gasteiger partial charge is 0.474 e. The van der Waals surface area contributed by atoms with Crippen LogP contribution in [-0.4, -0.2) is 80.2 Å². The molecular formula is C33H43FN6O4. The van der Waals surface area contributed by atoms with Crippen LogP contribution in [0.25, 0.3) is 11.6 Å². The first-order valence-electron chi connectivity index (χ1n) is 15.5. The fraction of sp³-hybridized carbons (Fsp3) is 0.545. The topological polar surface area (TPSA) is 107 Å². The van der Waals surface area contributed by atoms with Gasteiger partial charge in [-0.3, -0.25) is 9.69 Å². The van der Waals surface area contributed by atoms with E-state index in [1.807, 2.05) is 38.7 Å². The summed E-state index contributed by atoms with van der Waals surface area (Å²) in [4.78, 5) is 30.5. The minimum absolute atomic E-state index is 0.0399. The van der Waals surface area contributed by atoms with Gasteiger partial charge < -0.3 is 18.9 Å². The number of likely N-dealkylation sites (tertiary alicyclic amines) is 2. The zero-order chi connectivity index (χ0) is 31.6. The van der Waals surface area contributed by atoms with Gasteiger partial charge >= 0.3 is 0 Å². The molecule has 2 fully saturated rings. The second kappa shape index (κ2) is 13.0. The summed E-state index contributed by atoms with van der Waals surface area (Å²) in [5.41, 5.74) is 0.370. The highest BCUT2D eigenvalue weighted by molar-refractivity contribution is 5.87. The molecule has 10 nitrogen and oxygen atoms in total. The Labute approximate surface area is 258 Å². The molecule has 0 unspecified atom stereocenters. The number of piperidine rings is 1. The van der Waals surface area contributed by atoms with Crippen molar-refractivity contribution in [3.63, 3.8) is 0 Å². The molecule has 0 spiro atoms. The SMILES string of the molecule is C=CC(=O)N1CC[C@H](Oc2cc(O[C@@H](C)[C@@H]3CCCN3C)nc(-c3noc(C(C)(C)c4c(C)cccc4F)n3)n2)C[C@H]1CC. The fourth-order valence-electron chi connectivity index (χ4n) is 6.61. The van der Waals surface area contributed by atoms with E-state index in [4.69, 9.17) is 14.0 Å². The molecule has 0 saturated carbocycles. The second-order valence-electron chi connectivity index (χ2n) is 12.4. The Bertz CT molecular complexity index is 1470. The molecule has 5 rings (SSSR count). The second-order valence-corrected chi connectivity index (χ2v) is 12.4. The van der Waals surface area contributed by atoms with Gasteiger partial charge in [-0.15, -0.1) is 0 Å². The molecule has 4 atom stereocenters. The van der Waals surface area contributed by atoms with Crippen LogP contribution in [-0.2, 0) is 10.2 Å². The zero-order valence-electron chi connectivity index (χ0n) is 26.5. The van der Waals surface area contributed by atoms with Crippen LogP contribution in [0.4, 0.5) is 4.39 Å². The highest BCUT2D eigenvalue weighted by Crippen LogP contribution is 2.36.